The van der Waals surface area contributed by atoms with Gasteiger partial charge in [-0.05, 0) is 49.2 Å². The monoisotopic (exact) mass is 472 g/mol. The average Bonchev–Trinajstić information content (AvgIpc) is 2.88. The first kappa shape index (κ1) is 23.0. The Morgan fingerprint density at radius 1 is 1.06 bits per heavy atom. The maximum Gasteiger partial charge on any atom is 0.318 e. The third-order valence-corrected chi connectivity index (χ3v) is 6.88. The molecule has 1 unspecified atom stereocenters. The number of benzene rings is 1. The predicted molar refractivity (Wildman–Crippen MR) is 137 cm³/mol. The molecule has 1 atom stereocenters. The number of likely N-dealkylation sites (N-methyl/N-ethyl adjacent to an activating group) is 1. The molecule has 182 valence electrons. The second-order valence-corrected chi connectivity index (χ2v) is 9.37. The summed E-state index contributed by atoms with van der Waals surface area (Å²) in [6.07, 6.45) is 4.34. The lowest BCUT2D eigenvalue weighted by Gasteiger charge is -2.33. The van der Waals surface area contributed by atoms with Crippen LogP contribution in [0, 0.1) is 0 Å². The van der Waals surface area contributed by atoms with Crippen LogP contribution in [0.3, 0.4) is 0 Å². The molecule has 1 aromatic carbocycles. The summed E-state index contributed by atoms with van der Waals surface area (Å²) >= 11 is 0. The molecule has 3 N–H and O–H groups in total. The molecule has 2 aliphatic rings. The smallest absolute Gasteiger partial charge is 0.318 e. The lowest BCUT2D eigenvalue weighted by Crippen LogP contribution is -2.44. The molecule has 2 aliphatic heterocycles. The molecule has 2 amide bonds. The van der Waals surface area contributed by atoms with E-state index in [1.165, 1.54) is 5.56 Å². The molecule has 1 fully saturated rings. The zero-order valence-corrected chi connectivity index (χ0v) is 20.3. The standard InChI is InChI=1S/C26H32N8O/c1-18(21-4-3-8-28-16-21)29-26(35)34-9-7-19-5-6-20(14-22(19)17-34)23-15-24(31-25(27)30-23)33-12-10-32(2)11-13-33/h3-6,8,14-16,18H,7,9-13,17H2,1-2H3,(H,29,35)(H2,27,30,31). The first-order valence-corrected chi connectivity index (χ1v) is 12.1. The van der Waals surface area contributed by atoms with Gasteiger partial charge in [-0.15, -0.1) is 0 Å². The Hall–Kier alpha value is -3.72. The van der Waals surface area contributed by atoms with E-state index in [1.807, 2.05) is 30.0 Å². The summed E-state index contributed by atoms with van der Waals surface area (Å²) in [5.74, 6) is 1.14. The number of urea groups is 1. The van der Waals surface area contributed by atoms with Crippen molar-refractivity contribution in [1.29, 1.82) is 0 Å². The van der Waals surface area contributed by atoms with Gasteiger partial charge < -0.3 is 25.8 Å². The van der Waals surface area contributed by atoms with Crippen molar-refractivity contribution in [1.82, 2.24) is 30.1 Å². The Bertz CT molecular complexity index is 1190. The third-order valence-electron chi connectivity index (χ3n) is 6.88. The summed E-state index contributed by atoms with van der Waals surface area (Å²) in [5.41, 5.74) is 11.3. The average molecular weight is 473 g/mol. The van der Waals surface area contributed by atoms with Crippen LogP contribution in [0.25, 0.3) is 11.3 Å². The minimum atomic E-state index is -0.110. The van der Waals surface area contributed by atoms with Crippen LogP contribution in [-0.4, -0.2) is 70.6 Å². The summed E-state index contributed by atoms with van der Waals surface area (Å²) in [6.45, 7) is 7.04. The Morgan fingerprint density at radius 3 is 2.66 bits per heavy atom. The molecular weight excluding hydrogens is 440 g/mol. The first-order valence-electron chi connectivity index (χ1n) is 12.1. The lowest BCUT2D eigenvalue weighted by atomic mass is 9.96. The number of pyridine rings is 1. The normalized spacial score (nSPS) is 17.1. The minimum Gasteiger partial charge on any atom is -0.368 e. The number of carbonyl (C=O) groups is 1. The van der Waals surface area contributed by atoms with Crippen LogP contribution in [0.2, 0.25) is 0 Å². The van der Waals surface area contributed by atoms with Crippen molar-refractivity contribution in [2.24, 2.45) is 0 Å². The van der Waals surface area contributed by atoms with Gasteiger partial charge in [0.05, 0.1) is 11.7 Å². The number of anilines is 2. The number of nitrogen functional groups attached to an aromatic ring is 1. The summed E-state index contributed by atoms with van der Waals surface area (Å²) < 4.78 is 0. The first-order chi connectivity index (χ1) is 17.0. The van der Waals surface area contributed by atoms with Crippen LogP contribution < -0.4 is 16.0 Å². The van der Waals surface area contributed by atoms with Crippen molar-refractivity contribution in [2.45, 2.75) is 25.9 Å². The van der Waals surface area contributed by atoms with Gasteiger partial charge in [0.1, 0.15) is 5.82 Å². The molecule has 3 aromatic rings. The highest BCUT2D eigenvalue weighted by molar-refractivity contribution is 5.75. The van der Waals surface area contributed by atoms with Crippen LogP contribution in [0.15, 0.2) is 48.8 Å². The fourth-order valence-electron chi connectivity index (χ4n) is 4.68. The largest absolute Gasteiger partial charge is 0.368 e. The second-order valence-electron chi connectivity index (χ2n) is 9.37. The number of aromatic nitrogens is 3. The predicted octanol–water partition coefficient (Wildman–Crippen LogP) is 2.70. The van der Waals surface area contributed by atoms with Gasteiger partial charge in [-0.25, -0.2) is 9.78 Å². The highest BCUT2D eigenvalue weighted by Crippen LogP contribution is 2.28. The third kappa shape index (κ3) is 5.19. The molecule has 35 heavy (non-hydrogen) atoms. The van der Waals surface area contributed by atoms with Crippen molar-refractivity contribution in [3.63, 3.8) is 0 Å². The molecule has 4 heterocycles. The molecular formula is C26H32N8O. The van der Waals surface area contributed by atoms with Gasteiger partial charge in [-0.2, -0.15) is 4.98 Å². The number of hydrogen-bond donors (Lipinski definition) is 2. The van der Waals surface area contributed by atoms with Crippen molar-refractivity contribution in [3.8, 4) is 11.3 Å². The van der Waals surface area contributed by atoms with E-state index in [0.29, 0.717) is 13.1 Å². The molecule has 9 heteroatoms. The fraction of sp³-hybridized carbons (Fsp3) is 0.385. The number of fused-ring (bicyclic) bond motifs is 1. The summed E-state index contributed by atoms with van der Waals surface area (Å²) in [4.78, 5) is 32.6. The van der Waals surface area contributed by atoms with E-state index in [9.17, 15) is 4.79 Å². The van der Waals surface area contributed by atoms with Gasteiger partial charge in [-0.1, -0.05) is 18.2 Å². The number of nitrogens with two attached hydrogens (primary N) is 1. The van der Waals surface area contributed by atoms with Gasteiger partial charge in [0.2, 0.25) is 5.95 Å². The minimum absolute atomic E-state index is 0.0685. The van der Waals surface area contributed by atoms with Crippen molar-refractivity contribution < 1.29 is 4.79 Å². The van der Waals surface area contributed by atoms with Crippen LogP contribution in [0.1, 0.15) is 29.7 Å². The number of carbonyl (C=O) groups excluding carboxylic acids is 1. The fourth-order valence-corrected chi connectivity index (χ4v) is 4.68. The van der Waals surface area contributed by atoms with E-state index >= 15 is 0 Å². The number of rotatable bonds is 4. The van der Waals surface area contributed by atoms with E-state index in [0.717, 1.165) is 60.8 Å². The van der Waals surface area contributed by atoms with Crippen LogP contribution in [0.4, 0.5) is 16.6 Å². The summed E-state index contributed by atoms with van der Waals surface area (Å²) in [7, 11) is 2.13. The topological polar surface area (TPSA) is 104 Å². The zero-order valence-electron chi connectivity index (χ0n) is 20.3. The molecule has 0 radical (unpaired) electrons. The van der Waals surface area contributed by atoms with Crippen LogP contribution in [-0.2, 0) is 13.0 Å². The van der Waals surface area contributed by atoms with Crippen LogP contribution in [0.5, 0.6) is 0 Å². The van der Waals surface area contributed by atoms with Crippen LogP contribution >= 0.6 is 0 Å². The molecule has 1 saturated heterocycles. The lowest BCUT2D eigenvalue weighted by molar-refractivity contribution is 0.189. The van der Waals surface area contributed by atoms with Crippen molar-refractivity contribution >= 4 is 17.8 Å². The van der Waals surface area contributed by atoms with Gasteiger partial charge >= 0.3 is 6.03 Å². The molecule has 5 rings (SSSR count). The summed E-state index contributed by atoms with van der Waals surface area (Å²) in [5, 5.41) is 3.10. The van der Waals surface area contributed by atoms with E-state index in [-0.39, 0.29) is 18.0 Å². The molecule has 0 bridgehead atoms. The Kier molecular flexibility index (Phi) is 6.50. The van der Waals surface area contributed by atoms with Gasteiger partial charge in [0.25, 0.3) is 0 Å². The number of nitrogens with one attached hydrogen (secondary N) is 1. The summed E-state index contributed by atoms with van der Waals surface area (Å²) in [6, 6.07) is 12.1. The van der Waals surface area contributed by atoms with Gasteiger partial charge in [-0.3, -0.25) is 4.98 Å². The second kappa shape index (κ2) is 9.87. The number of piperazine rings is 1. The number of amides is 2. The number of hydrogen-bond acceptors (Lipinski definition) is 7. The molecule has 9 nitrogen and oxygen atoms in total. The zero-order chi connectivity index (χ0) is 24.4. The highest BCUT2D eigenvalue weighted by atomic mass is 16.2. The Balaban J connectivity index is 1.32. The molecule has 2 aromatic heterocycles. The van der Waals surface area contributed by atoms with E-state index in [1.54, 1.807) is 12.4 Å². The van der Waals surface area contributed by atoms with E-state index in [2.05, 4.69) is 55.3 Å². The van der Waals surface area contributed by atoms with Crippen molar-refractivity contribution in [3.05, 3.63) is 65.5 Å². The van der Waals surface area contributed by atoms with Gasteiger partial charge in [0.15, 0.2) is 0 Å². The molecule has 0 spiro atoms. The van der Waals surface area contributed by atoms with Gasteiger partial charge in [0, 0.05) is 63.3 Å². The van der Waals surface area contributed by atoms with E-state index in [4.69, 9.17) is 5.73 Å². The SMILES string of the molecule is CC(NC(=O)N1CCc2ccc(-c3cc(N4CCN(C)CC4)nc(N)n3)cc2C1)c1cccnc1. The molecule has 0 aliphatic carbocycles. The maximum absolute atomic E-state index is 13.0. The Morgan fingerprint density at radius 2 is 1.89 bits per heavy atom. The quantitative estimate of drug-likeness (QED) is 0.602. The Labute approximate surface area is 206 Å². The maximum atomic E-state index is 13.0. The van der Waals surface area contributed by atoms with Crippen molar-refractivity contribution in [2.75, 3.05) is 50.4 Å². The molecule has 0 saturated carbocycles. The number of nitrogens with zero attached hydrogens (tertiary/aromatic N) is 6. The van der Waals surface area contributed by atoms with E-state index < -0.39 is 0 Å². The highest BCUT2D eigenvalue weighted by Gasteiger charge is 2.23.